The quantitative estimate of drug-likeness (QED) is 0.645. The van der Waals surface area contributed by atoms with Crippen LogP contribution >= 0.6 is 12.6 Å². The molecule has 0 aliphatic heterocycles. The van der Waals surface area contributed by atoms with Crippen LogP contribution in [-0.2, 0) is 4.75 Å². The summed E-state index contributed by atoms with van der Waals surface area (Å²) in [4.78, 5) is 0. The molecule has 0 nitrogen and oxygen atoms in total. The normalized spacial score (nSPS) is 15.5. The first-order valence-electron chi connectivity index (χ1n) is 5.95. The molecular formula is C16H16S. The van der Waals surface area contributed by atoms with E-state index in [1.165, 1.54) is 33.4 Å². The van der Waals surface area contributed by atoms with Crippen LogP contribution in [0.5, 0.6) is 0 Å². The predicted molar refractivity (Wildman–Crippen MR) is 76.8 cm³/mol. The molecule has 0 heterocycles. The Morgan fingerprint density at radius 1 is 0.824 bits per heavy atom. The lowest BCUT2D eigenvalue weighted by molar-refractivity contribution is 0.875. The first-order chi connectivity index (χ1) is 8.00. The van der Waals surface area contributed by atoms with Gasteiger partial charge in [-0.2, -0.15) is 12.6 Å². The van der Waals surface area contributed by atoms with Gasteiger partial charge in [-0.05, 0) is 43.0 Å². The van der Waals surface area contributed by atoms with E-state index in [2.05, 4.69) is 57.2 Å². The third-order valence-electron chi connectivity index (χ3n) is 3.69. The molecule has 1 heteroatoms. The maximum atomic E-state index is 4.90. The highest BCUT2D eigenvalue weighted by molar-refractivity contribution is 7.81. The van der Waals surface area contributed by atoms with Gasteiger partial charge in [0.15, 0.2) is 0 Å². The first-order valence-corrected chi connectivity index (χ1v) is 6.40. The number of rotatable bonds is 0. The lowest BCUT2D eigenvalue weighted by atomic mass is 9.96. The van der Waals surface area contributed by atoms with Crippen molar-refractivity contribution in [1.29, 1.82) is 0 Å². The van der Waals surface area contributed by atoms with E-state index in [9.17, 15) is 0 Å². The zero-order valence-corrected chi connectivity index (χ0v) is 11.3. The molecule has 0 aromatic heterocycles. The third kappa shape index (κ3) is 1.45. The fourth-order valence-electron chi connectivity index (χ4n) is 2.74. The average Bonchev–Trinajstić information content (AvgIpc) is 2.49. The summed E-state index contributed by atoms with van der Waals surface area (Å²) >= 11 is 4.90. The molecule has 0 amide bonds. The summed E-state index contributed by atoms with van der Waals surface area (Å²) in [7, 11) is 0. The van der Waals surface area contributed by atoms with Gasteiger partial charge in [-0.15, -0.1) is 0 Å². The standard InChI is InChI=1S/C16H16S/c1-10-4-6-12-13-7-5-11(2)9-15(13)16(3,17)14(12)8-10/h4-9,17H,1-3H3. The Morgan fingerprint density at radius 2 is 1.24 bits per heavy atom. The summed E-state index contributed by atoms with van der Waals surface area (Å²) in [6, 6.07) is 13.3. The predicted octanol–water partition coefficient (Wildman–Crippen LogP) is 4.48. The molecule has 2 aromatic rings. The Bertz CT molecular complexity index is 555. The van der Waals surface area contributed by atoms with Gasteiger partial charge in [0.2, 0.25) is 0 Å². The van der Waals surface area contributed by atoms with E-state index in [0.717, 1.165) is 0 Å². The Kier molecular flexibility index (Phi) is 2.18. The minimum atomic E-state index is -0.164. The van der Waals surface area contributed by atoms with Crippen molar-refractivity contribution < 1.29 is 0 Å². The largest absolute Gasteiger partial charge is 0.163 e. The molecule has 17 heavy (non-hydrogen) atoms. The Labute approximate surface area is 108 Å². The van der Waals surface area contributed by atoms with E-state index in [1.807, 2.05) is 0 Å². The second-order valence-electron chi connectivity index (χ2n) is 5.17. The van der Waals surface area contributed by atoms with Gasteiger partial charge in [-0.25, -0.2) is 0 Å². The Hall–Kier alpha value is -1.21. The molecule has 0 saturated heterocycles. The van der Waals surface area contributed by atoms with Crippen LogP contribution in [0.2, 0.25) is 0 Å². The van der Waals surface area contributed by atoms with Gasteiger partial charge in [0.1, 0.15) is 0 Å². The van der Waals surface area contributed by atoms with Crippen molar-refractivity contribution in [3.05, 3.63) is 58.7 Å². The molecular weight excluding hydrogens is 224 g/mol. The fraction of sp³-hybridized carbons (Fsp3) is 0.250. The second kappa shape index (κ2) is 3.39. The van der Waals surface area contributed by atoms with Gasteiger partial charge in [-0.3, -0.25) is 0 Å². The average molecular weight is 240 g/mol. The van der Waals surface area contributed by atoms with Crippen LogP contribution in [-0.4, -0.2) is 0 Å². The monoisotopic (exact) mass is 240 g/mol. The van der Waals surface area contributed by atoms with Crippen LogP contribution in [0.15, 0.2) is 36.4 Å². The van der Waals surface area contributed by atoms with Crippen LogP contribution in [0.3, 0.4) is 0 Å². The van der Waals surface area contributed by atoms with Crippen molar-refractivity contribution in [2.24, 2.45) is 0 Å². The van der Waals surface area contributed by atoms with Crippen LogP contribution < -0.4 is 0 Å². The van der Waals surface area contributed by atoms with E-state index < -0.39 is 0 Å². The molecule has 1 aliphatic carbocycles. The van der Waals surface area contributed by atoms with Gasteiger partial charge in [0.25, 0.3) is 0 Å². The summed E-state index contributed by atoms with van der Waals surface area (Å²) in [6.07, 6.45) is 0. The summed E-state index contributed by atoms with van der Waals surface area (Å²) in [5.41, 5.74) is 7.94. The number of aryl methyl sites for hydroxylation is 2. The lowest BCUT2D eigenvalue weighted by Crippen LogP contribution is -2.11. The zero-order chi connectivity index (χ0) is 12.2. The van der Waals surface area contributed by atoms with E-state index in [0.29, 0.717) is 0 Å². The molecule has 0 atom stereocenters. The van der Waals surface area contributed by atoms with Crippen LogP contribution in [0.4, 0.5) is 0 Å². The highest BCUT2D eigenvalue weighted by Crippen LogP contribution is 2.51. The van der Waals surface area contributed by atoms with Crippen LogP contribution in [0.25, 0.3) is 11.1 Å². The van der Waals surface area contributed by atoms with E-state index in [-0.39, 0.29) is 4.75 Å². The molecule has 1 aliphatic rings. The topological polar surface area (TPSA) is 0 Å². The number of benzene rings is 2. The summed E-state index contributed by atoms with van der Waals surface area (Å²) in [5, 5.41) is 0. The fourth-order valence-corrected chi connectivity index (χ4v) is 3.11. The molecule has 0 radical (unpaired) electrons. The van der Waals surface area contributed by atoms with Gasteiger partial charge in [0, 0.05) is 0 Å². The minimum Gasteiger partial charge on any atom is -0.163 e. The molecule has 0 bridgehead atoms. The molecule has 0 N–H and O–H groups in total. The minimum absolute atomic E-state index is 0.164. The van der Waals surface area contributed by atoms with E-state index >= 15 is 0 Å². The van der Waals surface area contributed by atoms with Gasteiger partial charge < -0.3 is 0 Å². The maximum Gasteiger partial charge on any atom is 0.0610 e. The van der Waals surface area contributed by atoms with E-state index in [1.54, 1.807) is 0 Å². The van der Waals surface area contributed by atoms with Gasteiger partial charge in [0.05, 0.1) is 4.75 Å². The molecule has 86 valence electrons. The lowest BCUT2D eigenvalue weighted by Gasteiger charge is -2.20. The number of thiol groups is 1. The van der Waals surface area contributed by atoms with Gasteiger partial charge >= 0.3 is 0 Å². The van der Waals surface area contributed by atoms with Crippen molar-refractivity contribution in [3.63, 3.8) is 0 Å². The maximum absolute atomic E-state index is 4.90. The smallest absolute Gasteiger partial charge is 0.0610 e. The first kappa shape index (κ1) is 10.9. The van der Waals surface area contributed by atoms with Crippen molar-refractivity contribution in [1.82, 2.24) is 0 Å². The SMILES string of the molecule is Cc1ccc2c(c1)C(C)(S)c1cc(C)ccc1-2. The summed E-state index contributed by atoms with van der Waals surface area (Å²) in [6.45, 7) is 6.47. The molecule has 0 saturated carbocycles. The van der Waals surface area contributed by atoms with Crippen LogP contribution in [0, 0.1) is 13.8 Å². The van der Waals surface area contributed by atoms with E-state index in [4.69, 9.17) is 12.6 Å². The van der Waals surface area contributed by atoms with Crippen molar-refractivity contribution >= 4 is 12.6 Å². The van der Waals surface area contributed by atoms with Crippen LogP contribution in [0.1, 0.15) is 29.2 Å². The van der Waals surface area contributed by atoms with Crippen molar-refractivity contribution in [2.45, 2.75) is 25.5 Å². The molecule has 3 rings (SSSR count). The number of fused-ring (bicyclic) bond motifs is 3. The van der Waals surface area contributed by atoms with Gasteiger partial charge in [-0.1, -0.05) is 47.5 Å². The molecule has 0 spiro atoms. The third-order valence-corrected chi connectivity index (χ3v) is 4.17. The summed E-state index contributed by atoms with van der Waals surface area (Å²) < 4.78 is -0.164. The molecule has 0 fully saturated rings. The zero-order valence-electron chi connectivity index (χ0n) is 10.4. The highest BCUT2D eigenvalue weighted by atomic mass is 32.1. The number of hydrogen-bond donors (Lipinski definition) is 1. The van der Waals surface area contributed by atoms with Crippen molar-refractivity contribution in [2.75, 3.05) is 0 Å². The second-order valence-corrected chi connectivity index (χ2v) is 6.06. The molecule has 0 unspecified atom stereocenters. The number of hydrogen-bond acceptors (Lipinski definition) is 1. The highest BCUT2D eigenvalue weighted by Gasteiger charge is 2.36. The van der Waals surface area contributed by atoms with Crippen molar-refractivity contribution in [3.8, 4) is 11.1 Å². The Morgan fingerprint density at radius 3 is 1.65 bits per heavy atom. The molecule has 2 aromatic carbocycles. The Balaban J connectivity index is 2.37. The summed E-state index contributed by atoms with van der Waals surface area (Å²) in [5.74, 6) is 0.